The second-order valence-corrected chi connectivity index (χ2v) is 5.76. The molecule has 3 nitrogen and oxygen atoms in total. The minimum absolute atomic E-state index is 0.500. The summed E-state index contributed by atoms with van der Waals surface area (Å²) < 4.78 is 2.33. The third-order valence-corrected chi connectivity index (χ3v) is 4.54. The summed E-state index contributed by atoms with van der Waals surface area (Å²) >= 11 is 1.70. The molecule has 2 aromatic carbocycles. The first-order valence-electron chi connectivity index (χ1n) is 6.01. The van der Waals surface area contributed by atoms with E-state index in [0.29, 0.717) is 0 Å². The maximum absolute atomic E-state index is 11.1. The standard InChI is InChI=1S/C15H13NO2S/c1-8(15(17)18)9-2-4-13-11(6-9)12-7-10(16)3-5-14(12)19-13/h2-8H,16H2,1H3,(H,17,18). The lowest BCUT2D eigenvalue weighted by molar-refractivity contribution is -0.138. The summed E-state index contributed by atoms with van der Waals surface area (Å²) in [4.78, 5) is 11.1. The number of benzene rings is 2. The SMILES string of the molecule is CC(C(=O)O)c1ccc2sc3ccc(N)cc3c2c1. The van der Waals surface area contributed by atoms with Gasteiger partial charge in [0.25, 0.3) is 0 Å². The molecule has 0 fully saturated rings. The summed E-state index contributed by atoms with van der Waals surface area (Å²) in [5, 5.41) is 11.3. The van der Waals surface area contributed by atoms with Gasteiger partial charge in [-0.2, -0.15) is 0 Å². The number of carbonyl (C=O) groups is 1. The maximum atomic E-state index is 11.1. The largest absolute Gasteiger partial charge is 0.481 e. The summed E-state index contributed by atoms with van der Waals surface area (Å²) in [5.41, 5.74) is 7.38. The van der Waals surface area contributed by atoms with Crippen LogP contribution in [-0.4, -0.2) is 11.1 Å². The van der Waals surface area contributed by atoms with Crippen LogP contribution in [0.3, 0.4) is 0 Å². The van der Waals surface area contributed by atoms with Gasteiger partial charge in [0.2, 0.25) is 0 Å². The number of carboxylic acid groups (broad SMARTS) is 1. The van der Waals surface area contributed by atoms with Crippen molar-refractivity contribution in [3.63, 3.8) is 0 Å². The van der Waals surface area contributed by atoms with Crippen molar-refractivity contribution in [3.05, 3.63) is 42.0 Å². The predicted octanol–water partition coefficient (Wildman–Crippen LogP) is 3.82. The summed E-state index contributed by atoms with van der Waals surface area (Å²) in [7, 11) is 0. The fourth-order valence-corrected chi connectivity index (χ4v) is 3.29. The molecule has 0 saturated heterocycles. The van der Waals surface area contributed by atoms with Crippen molar-refractivity contribution >= 4 is 43.2 Å². The van der Waals surface area contributed by atoms with Crippen LogP contribution in [-0.2, 0) is 4.79 Å². The number of nitrogens with two attached hydrogens (primary N) is 1. The van der Waals surface area contributed by atoms with Crippen LogP contribution in [0.25, 0.3) is 20.2 Å². The molecule has 0 bridgehead atoms. The molecule has 4 heteroatoms. The number of nitrogen functional groups attached to an aromatic ring is 1. The molecule has 0 radical (unpaired) electrons. The van der Waals surface area contributed by atoms with Crippen molar-refractivity contribution in [2.24, 2.45) is 0 Å². The van der Waals surface area contributed by atoms with E-state index in [0.717, 1.165) is 26.7 Å². The number of hydrogen-bond donors (Lipinski definition) is 2. The van der Waals surface area contributed by atoms with E-state index < -0.39 is 11.9 Å². The van der Waals surface area contributed by atoms with Gasteiger partial charge in [-0.3, -0.25) is 4.79 Å². The number of aliphatic carboxylic acids is 1. The molecule has 1 atom stereocenters. The number of anilines is 1. The average molecular weight is 271 g/mol. The van der Waals surface area contributed by atoms with Gasteiger partial charge in [0.1, 0.15) is 0 Å². The van der Waals surface area contributed by atoms with Gasteiger partial charge >= 0.3 is 5.97 Å². The van der Waals surface area contributed by atoms with Gasteiger partial charge in [-0.1, -0.05) is 6.07 Å². The summed E-state index contributed by atoms with van der Waals surface area (Å²) in [6.07, 6.45) is 0. The number of thiophene rings is 1. The molecule has 0 aliphatic rings. The van der Waals surface area contributed by atoms with Gasteiger partial charge in [-0.25, -0.2) is 0 Å². The minimum Gasteiger partial charge on any atom is -0.481 e. The second kappa shape index (κ2) is 4.24. The zero-order valence-electron chi connectivity index (χ0n) is 10.4. The molecule has 3 aromatic rings. The number of hydrogen-bond acceptors (Lipinski definition) is 3. The molecule has 0 spiro atoms. The first-order valence-corrected chi connectivity index (χ1v) is 6.82. The van der Waals surface area contributed by atoms with Crippen LogP contribution >= 0.6 is 11.3 Å². The fourth-order valence-electron chi connectivity index (χ4n) is 2.22. The van der Waals surface area contributed by atoms with Crippen LogP contribution in [0, 0.1) is 0 Å². The highest BCUT2D eigenvalue weighted by Gasteiger charge is 2.15. The van der Waals surface area contributed by atoms with E-state index in [1.54, 1.807) is 18.3 Å². The fraction of sp³-hybridized carbons (Fsp3) is 0.133. The van der Waals surface area contributed by atoms with E-state index in [4.69, 9.17) is 10.8 Å². The predicted molar refractivity (Wildman–Crippen MR) is 79.8 cm³/mol. The van der Waals surface area contributed by atoms with Crippen molar-refractivity contribution < 1.29 is 9.90 Å². The molecule has 3 rings (SSSR count). The monoisotopic (exact) mass is 271 g/mol. The van der Waals surface area contributed by atoms with Crippen molar-refractivity contribution in [2.45, 2.75) is 12.8 Å². The molecule has 1 aromatic heterocycles. The lowest BCUT2D eigenvalue weighted by Gasteiger charge is -2.06. The van der Waals surface area contributed by atoms with Crippen molar-refractivity contribution in [2.75, 3.05) is 5.73 Å². The van der Waals surface area contributed by atoms with Gasteiger partial charge < -0.3 is 10.8 Å². The molecule has 0 saturated carbocycles. The second-order valence-electron chi connectivity index (χ2n) is 4.67. The van der Waals surface area contributed by atoms with Gasteiger partial charge in [-0.15, -0.1) is 11.3 Å². The molecular weight excluding hydrogens is 258 g/mol. The molecule has 0 amide bonds. The Hall–Kier alpha value is -2.07. The molecule has 0 aliphatic carbocycles. The van der Waals surface area contributed by atoms with Gasteiger partial charge in [0, 0.05) is 25.9 Å². The molecule has 0 aliphatic heterocycles. The summed E-state index contributed by atoms with van der Waals surface area (Å²) in [6, 6.07) is 11.7. The Balaban J connectivity index is 2.28. The van der Waals surface area contributed by atoms with E-state index in [1.165, 1.54) is 4.70 Å². The lowest BCUT2D eigenvalue weighted by atomic mass is 9.99. The zero-order chi connectivity index (χ0) is 13.6. The Kier molecular flexibility index (Phi) is 2.68. The highest BCUT2D eigenvalue weighted by Crippen LogP contribution is 2.36. The topological polar surface area (TPSA) is 63.3 Å². The van der Waals surface area contributed by atoms with Crippen LogP contribution in [0.2, 0.25) is 0 Å². The number of fused-ring (bicyclic) bond motifs is 3. The lowest BCUT2D eigenvalue weighted by Crippen LogP contribution is -2.06. The van der Waals surface area contributed by atoms with E-state index >= 15 is 0 Å². The van der Waals surface area contributed by atoms with E-state index in [1.807, 2.05) is 36.4 Å². The number of rotatable bonds is 2. The van der Waals surface area contributed by atoms with E-state index in [-0.39, 0.29) is 0 Å². The van der Waals surface area contributed by atoms with Crippen LogP contribution in [0.4, 0.5) is 5.69 Å². The highest BCUT2D eigenvalue weighted by atomic mass is 32.1. The average Bonchev–Trinajstić information content (AvgIpc) is 2.75. The van der Waals surface area contributed by atoms with E-state index in [2.05, 4.69) is 0 Å². The van der Waals surface area contributed by atoms with Crippen molar-refractivity contribution in [1.29, 1.82) is 0 Å². The van der Waals surface area contributed by atoms with Gasteiger partial charge in [-0.05, 0) is 42.8 Å². The normalized spacial score (nSPS) is 12.9. The van der Waals surface area contributed by atoms with Crippen molar-refractivity contribution in [1.82, 2.24) is 0 Å². The van der Waals surface area contributed by atoms with Crippen LogP contribution in [0.5, 0.6) is 0 Å². The summed E-state index contributed by atoms with van der Waals surface area (Å²) in [5.74, 6) is -1.31. The third kappa shape index (κ3) is 1.94. The molecule has 1 unspecified atom stereocenters. The molecule has 1 heterocycles. The van der Waals surface area contributed by atoms with Crippen LogP contribution in [0.1, 0.15) is 18.4 Å². The zero-order valence-corrected chi connectivity index (χ0v) is 11.2. The summed E-state index contributed by atoms with van der Waals surface area (Å²) in [6.45, 7) is 1.70. The quantitative estimate of drug-likeness (QED) is 0.696. The maximum Gasteiger partial charge on any atom is 0.310 e. The smallest absolute Gasteiger partial charge is 0.310 e. The first-order chi connectivity index (χ1) is 9.06. The molecule has 3 N–H and O–H groups in total. The van der Waals surface area contributed by atoms with Crippen molar-refractivity contribution in [3.8, 4) is 0 Å². The van der Waals surface area contributed by atoms with Gasteiger partial charge in [0.15, 0.2) is 0 Å². The van der Waals surface area contributed by atoms with Crippen LogP contribution < -0.4 is 5.73 Å². The molecule has 96 valence electrons. The Morgan fingerprint density at radius 1 is 1.16 bits per heavy atom. The molecule has 19 heavy (non-hydrogen) atoms. The highest BCUT2D eigenvalue weighted by molar-refractivity contribution is 7.25. The third-order valence-electron chi connectivity index (χ3n) is 3.39. The Morgan fingerprint density at radius 2 is 1.79 bits per heavy atom. The Morgan fingerprint density at radius 3 is 2.47 bits per heavy atom. The van der Waals surface area contributed by atoms with Gasteiger partial charge in [0.05, 0.1) is 5.92 Å². The first kappa shape index (κ1) is 12.0. The number of carboxylic acids is 1. The molecular formula is C15H13NO2S. The Bertz CT molecular complexity index is 791. The van der Waals surface area contributed by atoms with Crippen LogP contribution in [0.15, 0.2) is 36.4 Å². The van der Waals surface area contributed by atoms with E-state index in [9.17, 15) is 4.79 Å². The Labute approximate surface area is 114 Å². The minimum atomic E-state index is -0.807.